The van der Waals surface area contributed by atoms with Crippen molar-refractivity contribution in [3.05, 3.63) is 95.5 Å². The Kier molecular flexibility index (Phi) is 5.16. The molecule has 0 radical (unpaired) electrons. The van der Waals surface area contributed by atoms with Crippen molar-refractivity contribution in [3.8, 4) is 0 Å². The van der Waals surface area contributed by atoms with E-state index in [-0.39, 0.29) is 17.6 Å². The number of benzene rings is 1. The monoisotopic (exact) mass is 415 g/mol. The molecule has 1 aliphatic heterocycles. The van der Waals surface area contributed by atoms with Gasteiger partial charge in [-0.15, -0.1) is 0 Å². The van der Waals surface area contributed by atoms with Crippen molar-refractivity contribution >= 4 is 11.6 Å². The molecule has 1 fully saturated rings. The molecule has 1 atom stereocenters. The minimum atomic E-state index is -0.217. The predicted molar refractivity (Wildman–Crippen MR) is 114 cm³/mol. The zero-order valence-corrected chi connectivity index (χ0v) is 17.0. The van der Waals surface area contributed by atoms with Gasteiger partial charge in [0.15, 0.2) is 5.65 Å². The third-order valence-corrected chi connectivity index (χ3v) is 5.79. The predicted octanol–water partition coefficient (Wildman–Crippen LogP) is 3.87. The van der Waals surface area contributed by atoms with Crippen LogP contribution in [0.3, 0.4) is 0 Å². The second-order valence-corrected chi connectivity index (χ2v) is 7.86. The maximum absolute atomic E-state index is 14.0. The molecule has 6 nitrogen and oxygen atoms in total. The maximum Gasteiger partial charge on any atom is 0.259 e. The summed E-state index contributed by atoms with van der Waals surface area (Å²) in [6.45, 7) is 1.30. The van der Waals surface area contributed by atoms with E-state index >= 15 is 0 Å². The smallest absolute Gasteiger partial charge is 0.259 e. The Labute approximate surface area is 179 Å². The number of carbonyl (C=O) groups excluding carboxylic acids is 1. The van der Waals surface area contributed by atoms with Crippen LogP contribution in [0.15, 0.2) is 67.1 Å². The largest absolute Gasteiger partial charge is 0.338 e. The number of rotatable bonds is 4. The first kappa shape index (κ1) is 19.4. The van der Waals surface area contributed by atoms with Crippen molar-refractivity contribution in [1.82, 2.24) is 24.5 Å². The van der Waals surface area contributed by atoms with E-state index in [0.29, 0.717) is 36.3 Å². The van der Waals surface area contributed by atoms with Gasteiger partial charge in [-0.1, -0.05) is 24.3 Å². The van der Waals surface area contributed by atoms with Crippen molar-refractivity contribution in [2.75, 3.05) is 13.1 Å². The second-order valence-electron chi connectivity index (χ2n) is 7.86. The Morgan fingerprint density at radius 1 is 1.13 bits per heavy atom. The van der Waals surface area contributed by atoms with Crippen molar-refractivity contribution in [2.24, 2.45) is 0 Å². The Hall–Kier alpha value is -3.61. The Morgan fingerprint density at radius 3 is 2.94 bits per heavy atom. The normalized spacial score (nSPS) is 16.5. The topological polar surface area (TPSA) is 63.4 Å². The summed E-state index contributed by atoms with van der Waals surface area (Å²) in [5.74, 6) is -0.125. The second kappa shape index (κ2) is 8.26. The number of hydrogen-bond acceptors (Lipinski definition) is 4. The average molecular weight is 415 g/mol. The van der Waals surface area contributed by atoms with Crippen LogP contribution in [0.1, 0.15) is 46.1 Å². The zero-order chi connectivity index (χ0) is 21.2. The molecule has 0 bridgehead atoms. The number of halogens is 1. The minimum Gasteiger partial charge on any atom is -0.338 e. The number of nitrogens with zero attached hydrogens (tertiary/aromatic N) is 5. The molecule has 31 heavy (non-hydrogen) atoms. The standard InChI is InChI=1S/C24H22FN5O/c25-21-9-2-1-6-17(21)14-19-8-3-10-22(28-19)18-7-4-12-29(16-18)24(31)20-15-27-30-13-5-11-26-23(20)30/h1-3,5-6,8-11,13,15,18H,4,7,12,14,16H2/t18-/m0/s1. The molecule has 3 aromatic heterocycles. The summed E-state index contributed by atoms with van der Waals surface area (Å²) in [4.78, 5) is 24.1. The molecule has 1 amide bonds. The van der Waals surface area contributed by atoms with Crippen LogP contribution in [-0.2, 0) is 6.42 Å². The Bertz CT molecular complexity index is 1240. The van der Waals surface area contributed by atoms with E-state index in [9.17, 15) is 9.18 Å². The van der Waals surface area contributed by atoms with Crippen LogP contribution in [0.4, 0.5) is 4.39 Å². The fourth-order valence-electron chi connectivity index (χ4n) is 4.21. The van der Waals surface area contributed by atoms with Gasteiger partial charge in [-0.3, -0.25) is 9.78 Å². The van der Waals surface area contributed by atoms with Gasteiger partial charge in [0.05, 0.1) is 6.20 Å². The van der Waals surface area contributed by atoms with Gasteiger partial charge in [0.25, 0.3) is 5.91 Å². The lowest BCUT2D eigenvalue weighted by Crippen LogP contribution is -2.39. The van der Waals surface area contributed by atoms with Gasteiger partial charge >= 0.3 is 0 Å². The molecule has 1 saturated heterocycles. The zero-order valence-electron chi connectivity index (χ0n) is 17.0. The lowest BCUT2D eigenvalue weighted by Gasteiger charge is -2.32. The van der Waals surface area contributed by atoms with Crippen LogP contribution in [0.2, 0.25) is 0 Å². The van der Waals surface area contributed by atoms with E-state index in [1.165, 1.54) is 6.07 Å². The molecule has 4 aromatic rings. The summed E-state index contributed by atoms with van der Waals surface area (Å²) in [7, 11) is 0. The van der Waals surface area contributed by atoms with Crippen LogP contribution in [-0.4, -0.2) is 43.5 Å². The summed E-state index contributed by atoms with van der Waals surface area (Å²) in [6, 6.07) is 14.5. The van der Waals surface area contributed by atoms with E-state index in [1.807, 2.05) is 29.2 Å². The van der Waals surface area contributed by atoms with Crippen LogP contribution in [0.5, 0.6) is 0 Å². The lowest BCUT2D eigenvalue weighted by molar-refractivity contribution is 0.0707. The van der Waals surface area contributed by atoms with Crippen LogP contribution >= 0.6 is 0 Å². The highest BCUT2D eigenvalue weighted by atomic mass is 19.1. The van der Waals surface area contributed by atoms with Gasteiger partial charge < -0.3 is 4.90 Å². The maximum atomic E-state index is 14.0. The summed E-state index contributed by atoms with van der Waals surface area (Å²) in [6.07, 6.45) is 7.35. The van der Waals surface area contributed by atoms with Crippen LogP contribution in [0, 0.1) is 5.82 Å². The fraction of sp³-hybridized carbons (Fsp3) is 0.250. The minimum absolute atomic E-state index is 0.0547. The van der Waals surface area contributed by atoms with E-state index in [2.05, 4.69) is 10.1 Å². The van der Waals surface area contributed by atoms with Crippen molar-refractivity contribution in [1.29, 1.82) is 0 Å². The van der Waals surface area contributed by atoms with Gasteiger partial charge in [0.2, 0.25) is 0 Å². The van der Waals surface area contributed by atoms with Crippen LogP contribution in [0.25, 0.3) is 5.65 Å². The van der Waals surface area contributed by atoms with E-state index in [0.717, 1.165) is 24.2 Å². The van der Waals surface area contributed by atoms with Gasteiger partial charge in [-0.2, -0.15) is 5.10 Å². The SMILES string of the molecule is O=C(c1cnn2cccnc12)N1CCC[C@H](c2cccc(Cc3ccccc3F)n2)C1. The van der Waals surface area contributed by atoms with E-state index in [4.69, 9.17) is 4.98 Å². The molecular formula is C24H22FN5O. The Balaban J connectivity index is 1.35. The molecule has 4 heterocycles. The lowest BCUT2D eigenvalue weighted by atomic mass is 9.93. The summed E-state index contributed by atoms with van der Waals surface area (Å²) < 4.78 is 15.6. The van der Waals surface area contributed by atoms with Crippen LogP contribution < -0.4 is 0 Å². The number of aromatic nitrogens is 4. The molecular weight excluding hydrogens is 393 g/mol. The highest BCUT2D eigenvalue weighted by Crippen LogP contribution is 2.27. The number of amides is 1. The van der Waals surface area contributed by atoms with E-state index in [1.54, 1.807) is 41.3 Å². The first-order valence-electron chi connectivity index (χ1n) is 10.5. The van der Waals surface area contributed by atoms with Gasteiger partial charge in [-0.05, 0) is 42.7 Å². The van der Waals surface area contributed by atoms with Gasteiger partial charge in [-0.25, -0.2) is 13.9 Å². The quantitative estimate of drug-likeness (QED) is 0.508. The molecule has 7 heteroatoms. The molecule has 5 rings (SSSR count). The molecule has 0 N–H and O–H groups in total. The highest BCUT2D eigenvalue weighted by molar-refractivity contribution is 5.99. The average Bonchev–Trinajstić information content (AvgIpc) is 3.25. The van der Waals surface area contributed by atoms with Crippen molar-refractivity contribution < 1.29 is 9.18 Å². The number of hydrogen-bond donors (Lipinski definition) is 0. The molecule has 0 aliphatic carbocycles. The van der Waals surface area contributed by atoms with Gasteiger partial charge in [0, 0.05) is 49.2 Å². The highest BCUT2D eigenvalue weighted by Gasteiger charge is 2.28. The van der Waals surface area contributed by atoms with Gasteiger partial charge in [0.1, 0.15) is 11.4 Å². The van der Waals surface area contributed by atoms with E-state index < -0.39 is 0 Å². The number of likely N-dealkylation sites (tertiary alicyclic amines) is 1. The summed E-state index contributed by atoms with van der Waals surface area (Å²) in [5, 5.41) is 4.23. The van der Waals surface area contributed by atoms with Crippen molar-refractivity contribution in [3.63, 3.8) is 0 Å². The molecule has 0 spiro atoms. The first-order valence-corrected chi connectivity index (χ1v) is 10.5. The first-order chi connectivity index (χ1) is 15.2. The number of piperidine rings is 1. The Morgan fingerprint density at radius 2 is 2.03 bits per heavy atom. The number of carbonyl (C=O) groups is 1. The third kappa shape index (κ3) is 3.91. The number of pyridine rings is 1. The fourth-order valence-corrected chi connectivity index (χ4v) is 4.21. The summed E-state index contributed by atoms with van der Waals surface area (Å²) in [5.41, 5.74) is 3.50. The van der Waals surface area contributed by atoms with Crippen molar-refractivity contribution in [2.45, 2.75) is 25.2 Å². The molecule has 1 aliphatic rings. The molecule has 0 unspecified atom stereocenters. The summed E-state index contributed by atoms with van der Waals surface area (Å²) >= 11 is 0. The molecule has 0 saturated carbocycles. The molecule has 156 valence electrons. The third-order valence-electron chi connectivity index (χ3n) is 5.79. The molecule has 1 aromatic carbocycles. The number of fused-ring (bicyclic) bond motifs is 1.